The van der Waals surface area contributed by atoms with Gasteiger partial charge in [-0.15, -0.1) is 0 Å². The molecule has 0 saturated carbocycles. The number of hydrogen-bond acceptors (Lipinski definition) is 2. The van der Waals surface area contributed by atoms with Crippen molar-refractivity contribution >= 4 is 11.1 Å². The van der Waals surface area contributed by atoms with E-state index in [0.29, 0.717) is 0 Å². The van der Waals surface area contributed by atoms with Crippen LogP contribution in [0.5, 0.6) is 0 Å². The molecule has 1 aromatic carbocycles. The van der Waals surface area contributed by atoms with Gasteiger partial charge in [0.25, 0.3) is 0 Å². The Hall–Kier alpha value is 0.896. The maximum atomic E-state index is 12.1. The minimum Gasteiger partial charge on any atom is -0.768 e. The number of benzene rings is 1. The van der Waals surface area contributed by atoms with Crippen LogP contribution in [0.15, 0.2) is 29.2 Å². The Bertz CT molecular complexity index is 249. The van der Waals surface area contributed by atoms with Crippen LogP contribution in [-0.4, -0.2) is 8.76 Å². The van der Waals surface area contributed by atoms with Gasteiger partial charge in [0.05, 0.1) is 0 Å². The van der Waals surface area contributed by atoms with E-state index in [4.69, 9.17) is 0 Å². The maximum Gasteiger partial charge on any atom is 1.00 e. The average Bonchev–Trinajstić information content (AvgIpc) is 1.88. The summed E-state index contributed by atoms with van der Waals surface area (Å²) in [6.07, 6.45) is 0. The van der Waals surface area contributed by atoms with Gasteiger partial charge >= 0.3 is 51.4 Å². The summed E-state index contributed by atoms with van der Waals surface area (Å²) < 4.78 is 32.5. The van der Waals surface area contributed by atoms with Gasteiger partial charge in [-0.3, -0.25) is 4.21 Å². The molecule has 0 aromatic heterocycles. The molecule has 0 spiro atoms. The normalized spacial score (nSPS) is 11.8. The minimum absolute atomic E-state index is 0. The first kappa shape index (κ1) is 11.9. The van der Waals surface area contributed by atoms with Crippen LogP contribution in [0.3, 0.4) is 0 Å². The summed E-state index contributed by atoms with van der Waals surface area (Å²) >= 11 is -2.25. The fourth-order valence-electron chi connectivity index (χ4n) is 0.546. The zero-order valence-corrected chi connectivity index (χ0v) is 9.85. The molecule has 1 atom stereocenters. The van der Waals surface area contributed by atoms with Crippen LogP contribution >= 0.6 is 0 Å². The Morgan fingerprint density at radius 1 is 1.27 bits per heavy atom. The van der Waals surface area contributed by atoms with Crippen molar-refractivity contribution < 1.29 is 64.5 Å². The van der Waals surface area contributed by atoms with Gasteiger partial charge in [0.2, 0.25) is 0 Å². The molecule has 5 heteroatoms. The summed E-state index contributed by atoms with van der Waals surface area (Å²) in [4.78, 5) is 0.0985. The molecule has 1 aromatic rings. The van der Waals surface area contributed by atoms with Crippen molar-refractivity contribution in [2.75, 3.05) is 0 Å². The quantitative estimate of drug-likeness (QED) is 0.389. The molecule has 2 nitrogen and oxygen atoms in total. The monoisotopic (exact) mass is 198 g/mol. The second kappa shape index (κ2) is 5.53. The average molecular weight is 198 g/mol. The van der Waals surface area contributed by atoms with Crippen molar-refractivity contribution in [2.24, 2.45) is 0 Å². The summed E-state index contributed by atoms with van der Waals surface area (Å²) in [6.45, 7) is 0. The second-order valence-electron chi connectivity index (χ2n) is 1.69. The summed E-state index contributed by atoms with van der Waals surface area (Å²) in [7, 11) is 0. The van der Waals surface area contributed by atoms with Crippen molar-refractivity contribution in [3.8, 4) is 0 Å². The van der Waals surface area contributed by atoms with Gasteiger partial charge in [0.15, 0.2) is 0 Å². The largest absolute Gasteiger partial charge is 1.00 e. The molecular formula is C6H4FKO2S. The molecular weight excluding hydrogens is 194 g/mol. The number of hydrogen-bond donors (Lipinski definition) is 0. The van der Waals surface area contributed by atoms with Crippen molar-refractivity contribution in [3.63, 3.8) is 0 Å². The van der Waals surface area contributed by atoms with Gasteiger partial charge in [0, 0.05) is 4.90 Å². The van der Waals surface area contributed by atoms with E-state index >= 15 is 0 Å². The molecule has 0 saturated heterocycles. The van der Waals surface area contributed by atoms with Crippen LogP contribution in [0.25, 0.3) is 0 Å². The van der Waals surface area contributed by atoms with Gasteiger partial charge in [-0.25, -0.2) is 4.39 Å². The maximum absolute atomic E-state index is 12.1. The molecule has 1 unspecified atom stereocenters. The van der Waals surface area contributed by atoms with E-state index in [0.717, 1.165) is 12.1 Å². The van der Waals surface area contributed by atoms with Crippen LogP contribution < -0.4 is 51.4 Å². The van der Waals surface area contributed by atoms with E-state index in [9.17, 15) is 13.2 Å². The van der Waals surface area contributed by atoms with Crippen LogP contribution in [0, 0.1) is 5.82 Å². The first-order valence-electron chi connectivity index (χ1n) is 2.55. The Labute approximate surface area is 109 Å². The van der Waals surface area contributed by atoms with E-state index in [1.54, 1.807) is 0 Å². The summed E-state index contributed by atoms with van der Waals surface area (Å²) in [5, 5.41) is 0. The van der Waals surface area contributed by atoms with Crippen LogP contribution in [0.2, 0.25) is 0 Å². The van der Waals surface area contributed by atoms with E-state index in [1.807, 2.05) is 0 Å². The topological polar surface area (TPSA) is 40.1 Å². The van der Waals surface area contributed by atoms with E-state index in [-0.39, 0.29) is 56.3 Å². The Kier molecular flexibility index (Phi) is 5.98. The fourth-order valence-corrected chi connectivity index (χ4v) is 0.904. The smallest absolute Gasteiger partial charge is 0.768 e. The van der Waals surface area contributed by atoms with Gasteiger partial charge in [0.1, 0.15) is 5.82 Å². The van der Waals surface area contributed by atoms with Gasteiger partial charge < -0.3 is 4.55 Å². The number of halogens is 1. The van der Waals surface area contributed by atoms with E-state index < -0.39 is 16.9 Å². The van der Waals surface area contributed by atoms with E-state index in [1.165, 1.54) is 12.1 Å². The SMILES string of the molecule is O=S([O-])c1ccc(F)cc1.[K+]. The Morgan fingerprint density at radius 2 is 1.73 bits per heavy atom. The third kappa shape index (κ3) is 3.89. The Morgan fingerprint density at radius 3 is 2.09 bits per heavy atom. The summed E-state index contributed by atoms with van der Waals surface area (Å²) in [5.41, 5.74) is 0. The molecule has 0 fully saturated rings. The molecule has 1 rings (SSSR count). The van der Waals surface area contributed by atoms with Crippen molar-refractivity contribution in [1.29, 1.82) is 0 Å². The zero-order chi connectivity index (χ0) is 7.56. The fraction of sp³-hybridized carbons (Fsp3) is 0. The third-order valence-electron chi connectivity index (χ3n) is 1.01. The zero-order valence-electron chi connectivity index (χ0n) is 5.91. The van der Waals surface area contributed by atoms with Crippen molar-refractivity contribution in [3.05, 3.63) is 30.1 Å². The van der Waals surface area contributed by atoms with Gasteiger partial charge in [-0.05, 0) is 35.3 Å². The van der Waals surface area contributed by atoms with Crippen LogP contribution in [-0.2, 0) is 11.1 Å². The summed E-state index contributed by atoms with van der Waals surface area (Å²) in [6, 6.07) is 4.62. The minimum atomic E-state index is -2.25. The molecule has 0 aliphatic rings. The molecule has 54 valence electrons. The first-order valence-corrected chi connectivity index (χ1v) is 3.62. The number of rotatable bonds is 1. The third-order valence-corrected chi connectivity index (χ3v) is 1.66. The van der Waals surface area contributed by atoms with E-state index in [2.05, 4.69) is 0 Å². The molecule has 0 N–H and O–H groups in total. The van der Waals surface area contributed by atoms with Gasteiger partial charge in [-0.2, -0.15) is 0 Å². The van der Waals surface area contributed by atoms with Crippen LogP contribution in [0.1, 0.15) is 0 Å². The van der Waals surface area contributed by atoms with Crippen LogP contribution in [0.4, 0.5) is 4.39 Å². The molecule has 0 bridgehead atoms. The molecule has 0 aliphatic carbocycles. The second-order valence-corrected chi connectivity index (χ2v) is 2.63. The standard InChI is InChI=1S/C6H5FO2S.K/c7-5-1-3-6(4-2-5)10(8)9;/h1-4H,(H,8,9);/q;+1/p-1. The molecule has 11 heavy (non-hydrogen) atoms. The molecule has 0 amide bonds. The molecule has 0 heterocycles. The van der Waals surface area contributed by atoms with Gasteiger partial charge in [-0.1, -0.05) is 0 Å². The van der Waals surface area contributed by atoms with Crippen molar-refractivity contribution in [2.45, 2.75) is 4.90 Å². The molecule has 0 radical (unpaired) electrons. The Balaban J connectivity index is 0.000001000. The predicted octanol–water partition coefficient (Wildman–Crippen LogP) is -1.93. The predicted molar refractivity (Wildman–Crippen MR) is 33.6 cm³/mol. The first-order chi connectivity index (χ1) is 4.70. The van der Waals surface area contributed by atoms with Crippen molar-refractivity contribution in [1.82, 2.24) is 0 Å². The summed E-state index contributed by atoms with van der Waals surface area (Å²) in [5.74, 6) is -0.436. The molecule has 0 aliphatic heterocycles.